The van der Waals surface area contributed by atoms with Crippen LogP contribution >= 0.6 is 11.3 Å². The van der Waals surface area contributed by atoms with Gasteiger partial charge in [0.25, 0.3) is 5.56 Å². The number of fused-ring (bicyclic) bond motifs is 1. The predicted octanol–water partition coefficient (Wildman–Crippen LogP) is 3.63. The Hall–Kier alpha value is -2.12. The highest BCUT2D eigenvalue weighted by atomic mass is 32.1. The molecule has 4 nitrogen and oxygen atoms in total. The van der Waals surface area contributed by atoms with E-state index in [4.69, 9.17) is 0 Å². The maximum absolute atomic E-state index is 14.0. The van der Waals surface area contributed by atoms with E-state index >= 15 is 0 Å². The molecule has 0 aliphatic heterocycles. The van der Waals surface area contributed by atoms with Crippen molar-refractivity contribution >= 4 is 16.3 Å². The molecule has 3 rings (SSSR count). The van der Waals surface area contributed by atoms with Gasteiger partial charge in [-0.2, -0.15) is 0 Å². The van der Waals surface area contributed by atoms with Crippen LogP contribution in [0.1, 0.15) is 36.2 Å². The second-order valence-corrected chi connectivity index (χ2v) is 6.74. The quantitative estimate of drug-likeness (QED) is 0.728. The van der Waals surface area contributed by atoms with Gasteiger partial charge in [0.2, 0.25) is 0 Å². The summed E-state index contributed by atoms with van der Waals surface area (Å²) in [6, 6.07) is 3.38. The highest BCUT2D eigenvalue weighted by molar-refractivity contribution is 7.15. The standard InChI is InChI=1S/C18H19F2N3OS/c1-3-16(14-5-4-12(19)10-15(14)20)21-7-6-13-11(2)22-18-23(17(13)24)8-9-25-18/h4-5,8-10,16,21H,3,6-7H2,1-2H3. The molecule has 0 bridgehead atoms. The van der Waals surface area contributed by atoms with Crippen LogP contribution in [0.2, 0.25) is 0 Å². The number of aryl methyl sites for hydroxylation is 1. The molecular formula is C18H19F2N3OS. The number of nitrogens with one attached hydrogen (secondary N) is 1. The lowest BCUT2D eigenvalue weighted by molar-refractivity contribution is 0.485. The molecule has 1 N–H and O–H groups in total. The third-order valence-corrected chi connectivity index (χ3v) is 5.04. The molecule has 0 saturated carbocycles. The number of nitrogens with zero attached hydrogens (tertiary/aromatic N) is 2. The first-order valence-electron chi connectivity index (χ1n) is 8.15. The van der Waals surface area contributed by atoms with E-state index in [1.165, 1.54) is 23.5 Å². The van der Waals surface area contributed by atoms with E-state index in [1.807, 2.05) is 19.2 Å². The van der Waals surface area contributed by atoms with Crippen LogP contribution in [0.25, 0.3) is 4.96 Å². The zero-order chi connectivity index (χ0) is 18.0. The fraction of sp³-hybridized carbons (Fsp3) is 0.333. The van der Waals surface area contributed by atoms with Crippen molar-refractivity contribution in [1.82, 2.24) is 14.7 Å². The molecule has 2 aromatic heterocycles. The number of hydrogen-bond donors (Lipinski definition) is 1. The molecule has 0 aliphatic carbocycles. The lowest BCUT2D eigenvalue weighted by atomic mass is 10.0. The highest BCUT2D eigenvalue weighted by Gasteiger charge is 2.15. The summed E-state index contributed by atoms with van der Waals surface area (Å²) in [6.07, 6.45) is 2.87. The molecule has 1 aromatic carbocycles. The fourth-order valence-corrected chi connectivity index (χ4v) is 3.69. The smallest absolute Gasteiger partial charge is 0.261 e. The first-order valence-corrected chi connectivity index (χ1v) is 9.03. The fourth-order valence-electron chi connectivity index (χ4n) is 2.94. The Morgan fingerprint density at radius 2 is 2.16 bits per heavy atom. The van der Waals surface area contributed by atoms with E-state index in [-0.39, 0.29) is 11.6 Å². The van der Waals surface area contributed by atoms with Crippen molar-refractivity contribution in [2.24, 2.45) is 0 Å². The van der Waals surface area contributed by atoms with E-state index in [0.717, 1.165) is 11.8 Å². The van der Waals surface area contributed by atoms with Crippen molar-refractivity contribution in [2.45, 2.75) is 32.7 Å². The topological polar surface area (TPSA) is 46.4 Å². The minimum absolute atomic E-state index is 0.0634. The minimum Gasteiger partial charge on any atom is -0.310 e. The van der Waals surface area contributed by atoms with Gasteiger partial charge < -0.3 is 5.32 Å². The Labute approximate surface area is 148 Å². The van der Waals surface area contributed by atoms with E-state index in [1.54, 1.807) is 10.6 Å². The Bertz CT molecular complexity index is 951. The van der Waals surface area contributed by atoms with Crippen LogP contribution in [0.15, 0.2) is 34.6 Å². The molecular weight excluding hydrogens is 344 g/mol. The molecule has 0 aliphatic rings. The summed E-state index contributed by atoms with van der Waals surface area (Å²) >= 11 is 1.42. The van der Waals surface area contributed by atoms with E-state index < -0.39 is 11.6 Å². The van der Waals surface area contributed by atoms with Crippen molar-refractivity contribution in [3.63, 3.8) is 0 Å². The van der Waals surface area contributed by atoms with Crippen LogP contribution in [0.3, 0.4) is 0 Å². The van der Waals surface area contributed by atoms with Gasteiger partial charge in [-0.25, -0.2) is 13.8 Å². The van der Waals surface area contributed by atoms with Gasteiger partial charge in [-0.15, -0.1) is 11.3 Å². The van der Waals surface area contributed by atoms with Gasteiger partial charge in [-0.05, 0) is 25.8 Å². The summed E-state index contributed by atoms with van der Waals surface area (Å²) in [6.45, 7) is 4.26. The van der Waals surface area contributed by atoms with E-state index in [9.17, 15) is 13.6 Å². The second-order valence-electron chi connectivity index (χ2n) is 5.87. The first kappa shape index (κ1) is 17.7. The Morgan fingerprint density at radius 3 is 2.88 bits per heavy atom. The molecule has 3 aromatic rings. The Kier molecular flexibility index (Phi) is 5.24. The van der Waals surface area contributed by atoms with Gasteiger partial charge >= 0.3 is 0 Å². The van der Waals surface area contributed by atoms with Crippen LogP contribution in [-0.4, -0.2) is 15.9 Å². The second kappa shape index (κ2) is 7.41. The monoisotopic (exact) mass is 363 g/mol. The van der Waals surface area contributed by atoms with Gasteiger partial charge in [0.1, 0.15) is 11.6 Å². The van der Waals surface area contributed by atoms with Crippen molar-refractivity contribution in [1.29, 1.82) is 0 Å². The molecule has 1 unspecified atom stereocenters. The van der Waals surface area contributed by atoms with E-state index in [2.05, 4.69) is 10.3 Å². The number of benzene rings is 1. The molecule has 0 amide bonds. The van der Waals surface area contributed by atoms with Crippen LogP contribution < -0.4 is 10.9 Å². The number of thiazole rings is 1. The number of halogens is 2. The molecule has 0 spiro atoms. The van der Waals surface area contributed by atoms with Crippen LogP contribution in [0.5, 0.6) is 0 Å². The Balaban J connectivity index is 1.74. The minimum atomic E-state index is -0.588. The molecule has 0 fully saturated rings. The predicted molar refractivity (Wildman–Crippen MR) is 95.2 cm³/mol. The molecule has 1 atom stereocenters. The zero-order valence-electron chi connectivity index (χ0n) is 14.1. The van der Waals surface area contributed by atoms with Gasteiger partial charge in [0.05, 0.1) is 0 Å². The lowest BCUT2D eigenvalue weighted by Crippen LogP contribution is -2.28. The van der Waals surface area contributed by atoms with Crippen LogP contribution in [-0.2, 0) is 6.42 Å². The van der Waals surface area contributed by atoms with Gasteiger partial charge in [0.15, 0.2) is 4.96 Å². The average Bonchev–Trinajstić information content (AvgIpc) is 3.03. The molecule has 0 radical (unpaired) electrons. The van der Waals surface area contributed by atoms with Gasteiger partial charge in [-0.1, -0.05) is 13.0 Å². The van der Waals surface area contributed by atoms with Crippen molar-refractivity contribution < 1.29 is 8.78 Å². The largest absolute Gasteiger partial charge is 0.310 e. The SMILES string of the molecule is CCC(NCCc1c(C)nc2sccn2c1=O)c1ccc(F)cc1F. The van der Waals surface area contributed by atoms with Crippen LogP contribution in [0, 0.1) is 18.6 Å². The lowest BCUT2D eigenvalue weighted by Gasteiger charge is -2.18. The summed E-state index contributed by atoms with van der Waals surface area (Å²) in [4.78, 5) is 17.6. The number of aromatic nitrogens is 2. The van der Waals surface area contributed by atoms with Crippen molar-refractivity contribution in [3.8, 4) is 0 Å². The molecule has 7 heteroatoms. The normalized spacial score (nSPS) is 12.6. The summed E-state index contributed by atoms with van der Waals surface area (Å²) in [7, 11) is 0. The van der Waals surface area contributed by atoms with Crippen molar-refractivity contribution in [2.75, 3.05) is 6.54 Å². The summed E-state index contributed by atoms with van der Waals surface area (Å²) in [5.74, 6) is -1.15. The molecule has 132 valence electrons. The van der Waals surface area contributed by atoms with Crippen molar-refractivity contribution in [3.05, 3.63) is 68.6 Å². The number of rotatable bonds is 6. The highest BCUT2D eigenvalue weighted by Crippen LogP contribution is 2.21. The summed E-state index contributed by atoms with van der Waals surface area (Å²) in [5.41, 5.74) is 1.74. The third-order valence-electron chi connectivity index (χ3n) is 4.28. The molecule has 0 saturated heterocycles. The van der Waals surface area contributed by atoms with Crippen LogP contribution in [0.4, 0.5) is 8.78 Å². The van der Waals surface area contributed by atoms with Gasteiger partial charge in [-0.3, -0.25) is 9.20 Å². The summed E-state index contributed by atoms with van der Waals surface area (Å²) in [5, 5.41) is 5.08. The molecule has 2 heterocycles. The third kappa shape index (κ3) is 3.62. The van der Waals surface area contributed by atoms with Gasteiger partial charge in [0, 0.05) is 47.1 Å². The maximum Gasteiger partial charge on any atom is 0.261 e. The maximum atomic E-state index is 14.0. The zero-order valence-corrected chi connectivity index (χ0v) is 14.9. The first-order chi connectivity index (χ1) is 12.0. The number of hydrogen-bond acceptors (Lipinski definition) is 4. The Morgan fingerprint density at radius 1 is 1.36 bits per heavy atom. The molecule has 25 heavy (non-hydrogen) atoms. The average molecular weight is 363 g/mol. The van der Waals surface area contributed by atoms with E-state index in [0.29, 0.717) is 35.5 Å². The summed E-state index contributed by atoms with van der Waals surface area (Å²) < 4.78 is 28.6.